The number of pyridine rings is 1. The normalized spacial score (nSPS) is 20.4. The highest BCUT2D eigenvalue weighted by atomic mass is 16.3. The smallest absolute Gasteiger partial charge is 0.134 e. The molecule has 3 nitrogen and oxygen atoms in total. The van der Waals surface area contributed by atoms with Crippen LogP contribution >= 0.6 is 0 Å². The topological polar surface area (TPSA) is 36.4 Å². The molecular formula is C16H26N2O. The molecule has 0 aromatic carbocycles. The second-order valence-corrected chi connectivity index (χ2v) is 5.73. The number of anilines is 1. The minimum Gasteiger partial charge on any atom is -0.392 e. The van der Waals surface area contributed by atoms with Crippen molar-refractivity contribution in [2.24, 2.45) is 5.92 Å². The number of rotatable bonds is 3. The van der Waals surface area contributed by atoms with E-state index in [0.29, 0.717) is 0 Å². The molecule has 2 rings (SSSR count). The average molecular weight is 262 g/mol. The zero-order chi connectivity index (χ0) is 13.8. The van der Waals surface area contributed by atoms with Gasteiger partial charge in [0.05, 0.1) is 6.61 Å². The van der Waals surface area contributed by atoms with Crippen LogP contribution < -0.4 is 4.90 Å². The second-order valence-electron chi connectivity index (χ2n) is 5.73. The maximum atomic E-state index is 9.62. The van der Waals surface area contributed by atoms with E-state index in [9.17, 15) is 5.11 Å². The van der Waals surface area contributed by atoms with E-state index in [1.807, 2.05) is 6.92 Å². The van der Waals surface area contributed by atoms with Crippen molar-refractivity contribution in [3.8, 4) is 0 Å². The van der Waals surface area contributed by atoms with Crippen molar-refractivity contribution < 1.29 is 5.11 Å². The van der Waals surface area contributed by atoms with Crippen LogP contribution in [0.3, 0.4) is 0 Å². The van der Waals surface area contributed by atoms with Gasteiger partial charge < -0.3 is 10.0 Å². The van der Waals surface area contributed by atoms with Gasteiger partial charge in [-0.25, -0.2) is 4.98 Å². The Morgan fingerprint density at radius 3 is 2.79 bits per heavy atom. The predicted molar refractivity (Wildman–Crippen MR) is 79.5 cm³/mol. The Morgan fingerprint density at radius 1 is 1.32 bits per heavy atom. The molecule has 0 aliphatic carbocycles. The fourth-order valence-electron chi connectivity index (χ4n) is 3.09. The number of hydrogen-bond donors (Lipinski definition) is 1. The largest absolute Gasteiger partial charge is 0.392 e. The first-order chi connectivity index (χ1) is 9.15. The zero-order valence-corrected chi connectivity index (χ0v) is 12.4. The lowest BCUT2D eigenvalue weighted by atomic mass is 9.98. The van der Waals surface area contributed by atoms with Crippen molar-refractivity contribution in [3.05, 3.63) is 22.9 Å². The summed E-state index contributed by atoms with van der Waals surface area (Å²) in [6.45, 7) is 8.61. The van der Waals surface area contributed by atoms with Crippen LogP contribution in [0.4, 0.5) is 5.82 Å². The summed E-state index contributed by atoms with van der Waals surface area (Å²) in [5.74, 6) is 1.87. The van der Waals surface area contributed by atoms with Gasteiger partial charge in [-0.3, -0.25) is 0 Å². The number of nitrogens with zero attached hydrogens (tertiary/aromatic N) is 2. The quantitative estimate of drug-likeness (QED) is 0.908. The molecule has 19 heavy (non-hydrogen) atoms. The van der Waals surface area contributed by atoms with Gasteiger partial charge in [-0.1, -0.05) is 13.3 Å². The third-order valence-electron chi connectivity index (χ3n) is 4.34. The summed E-state index contributed by atoms with van der Waals surface area (Å²) in [5.41, 5.74) is 3.20. The molecule has 1 aliphatic heterocycles. The van der Waals surface area contributed by atoms with Crippen LogP contribution in [0.25, 0.3) is 0 Å². The molecule has 2 heterocycles. The first kappa shape index (κ1) is 14.3. The summed E-state index contributed by atoms with van der Waals surface area (Å²) >= 11 is 0. The van der Waals surface area contributed by atoms with Gasteiger partial charge in [0.2, 0.25) is 0 Å². The lowest BCUT2D eigenvalue weighted by molar-refractivity contribution is 0.280. The predicted octanol–water partition coefficient (Wildman–Crippen LogP) is 3.21. The van der Waals surface area contributed by atoms with Gasteiger partial charge in [0.25, 0.3) is 0 Å². The first-order valence-electron chi connectivity index (χ1n) is 7.48. The molecule has 0 bridgehead atoms. The second kappa shape index (κ2) is 6.38. The van der Waals surface area contributed by atoms with Crippen LogP contribution in [0.2, 0.25) is 0 Å². The standard InChI is InChI=1S/C16H26N2O/c1-4-14-6-5-8-18(9-7-14)16-15(11-19)12(2)10-13(3)17-16/h10,14,19H,4-9,11H2,1-3H3. The molecule has 1 N–H and O–H groups in total. The molecule has 1 fully saturated rings. The Labute approximate surface area is 116 Å². The Morgan fingerprint density at radius 2 is 2.11 bits per heavy atom. The third kappa shape index (κ3) is 3.27. The van der Waals surface area contributed by atoms with Crippen molar-refractivity contribution in [1.29, 1.82) is 0 Å². The molecule has 0 spiro atoms. The van der Waals surface area contributed by atoms with Gasteiger partial charge in [0, 0.05) is 24.3 Å². The molecule has 106 valence electrons. The summed E-state index contributed by atoms with van der Waals surface area (Å²) in [7, 11) is 0. The third-order valence-corrected chi connectivity index (χ3v) is 4.34. The summed E-state index contributed by atoms with van der Waals surface area (Å²) in [6.07, 6.45) is 5.08. The minimum atomic E-state index is 0.0855. The van der Waals surface area contributed by atoms with E-state index in [4.69, 9.17) is 0 Å². The highest BCUT2D eigenvalue weighted by molar-refractivity contribution is 5.51. The van der Waals surface area contributed by atoms with E-state index < -0.39 is 0 Å². The first-order valence-corrected chi connectivity index (χ1v) is 7.48. The number of aliphatic hydroxyl groups is 1. The van der Waals surface area contributed by atoms with E-state index in [-0.39, 0.29) is 6.61 Å². The maximum absolute atomic E-state index is 9.62. The molecular weight excluding hydrogens is 236 g/mol. The summed E-state index contributed by atoms with van der Waals surface area (Å²) in [6, 6.07) is 2.06. The molecule has 1 saturated heterocycles. The van der Waals surface area contributed by atoms with Crippen molar-refractivity contribution in [2.75, 3.05) is 18.0 Å². The van der Waals surface area contributed by atoms with Crippen LogP contribution in [-0.4, -0.2) is 23.2 Å². The summed E-state index contributed by atoms with van der Waals surface area (Å²) < 4.78 is 0. The molecule has 0 saturated carbocycles. The minimum absolute atomic E-state index is 0.0855. The van der Waals surface area contributed by atoms with Crippen LogP contribution in [0.1, 0.15) is 49.4 Å². The van der Waals surface area contributed by atoms with E-state index in [1.165, 1.54) is 25.7 Å². The molecule has 1 atom stereocenters. The average Bonchev–Trinajstić information content (AvgIpc) is 2.63. The van der Waals surface area contributed by atoms with Crippen LogP contribution in [0, 0.1) is 19.8 Å². The molecule has 0 radical (unpaired) electrons. The number of aromatic nitrogens is 1. The van der Waals surface area contributed by atoms with Gasteiger partial charge in [0.15, 0.2) is 0 Å². The number of aliphatic hydroxyl groups excluding tert-OH is 1. The monoisotopic (exact) mass is 262 g/mol. The van der Waals surface area contributed by atoms with Crippen LogP contribution in [-0.2, 0) is 6.61 Å². The van der Waals surface area contributed by atoms with Gasteiger partial charge in [-0.15, -0.1) is 0 Å². The van der Waals surface area contributed by atoms with Gasteiger partial charge in [-0.2, -0.15) is 0 Å². The van der Waals surface area contributed by atoms with E-state index >= 15 is 0 Å². The molecule has 1 unspecified atom stereocenters. The van der Waals surface area contributed by atoms with E-state index in [1.54, 1.807) is 0 Å². The molecule has 1 aromatic rings. The van der Waals surface area contributed by atoms with Crippen molar-refractivity contribution in [2.45, 2.75) is 53.1 Å². The van der Waals surface area contributed by atoms with Crippen molar-refractivity contribution in [1.82, 2.24) is 4.98 Å². The Hall–Kier alpha value is -1.09. The lowest BCUT2D eigenvalue weighted by Gasteiger charge is -2.25. The number of aryl methyl sites for hydroxylation is 2. The maximum Gasteiger partial charge on any atom is 0.134 e. The van der Waals surface area contributed by atoms with Gasteiger partial charge in [-0.05, 0) is 50.7 Å². The zero-order valence-electron chi connectivity index (χ0n) is 12.4. The fourth-order valence-corrected chi connectivity index (χ4v) is 3.09. The van der Waals surface area contributed by atoms with Crippen LogP contribution in [0.15, 0.2) is 6.07 Å². The molecule has 3 heteroatoms. The molecule has 0 amide bonds. The Kier molecular flexibility index (Phi) is 4.81. The Bertz CT molecular complexity index is 431. The SMILES string of the molecule is CCC1CCCN(c2nc(C)cc(C)c2CO)CC1. The van der Waals surface area contributed by atoms with Gasteiger partial charge in [0.1, 0.15) is 5.82 Å². The van der Waals surface area contributed by atoms with Crippen molar-refractivity contribution >= 4 is 5.82 Å². The van der Waals surface area contributed by atoms with Gasteiger partial charge >= 0.3 is 0 Å². The highest BCUT2D eigenvalue weighted by Gasteiger charge is 2.20. The lowest BCUT2D eigenvalue weighted by Crippen LogP contribution is -2.27. The summed E-state index contributed by atoms with van der Waals surface area (Å²) in [5, 5.41) is 9.62. The molecule has 1 aliphatic rings. The Balaban J connectivity index is 2.25. The highest BCUT2D eigenvalue weighted by Crippen LogP contribution is 2.27. The summed E-state index contributed by atoms with van der Waals surface area (Å²) in [4.78, 5) is 7.06. The number of hydrogen-bond acceptors (Lipinski definition) is 3. The fraction of sp³-hybridized carbons (Fsp3) is 0.688. The van der Waals surface area contributed by atoms with Crippen LogP contribution in [0.5, 0.6) is 0 Å². The van der Waals surface area contributed by atoms with E-state index in [0.717, 1.165) is 41.6 Å². The van der Waals surface area contributed by atoms with E-state index in [2.05, 4.69) is 29.8 Å². The molecule has 1 aromatic heterocycles. The van der Waals surface area contributed by atoms with Crippen molar-refractivity contribution in [3.63, 3.8) is 0 Å².